The van der Waals surface area contributed by atoms with Crippen molar-refractivity contribution in [3.8, 4) is 0 Å². The molecule has 0 bridgehead atoms. The molecule has 0 fully saturated rings. The summed E-state index contributed by atoms with van der Waals surface area (Å²) >= 11 is 0. The molecule has 0 aromatic heterocycles. The van der Waals surface area contributed by atoms with E-state index >= 15 is 0 Å². The molecule has 5 heteroatoms. The van der Waals surface area contributed by atoms with Gasteiger partial charge in [-0.1, -0.05) is 42.5 Å². The lowest BCUT2D eigenvalue weighted by Gasteiger charge is -2.15. The van der Waals surface area contributed by atoms with Gasteiger partial charge in [-0.3, -0.25) is 9.59 Å². The fraction of sp³-hybridized carbons (Fsp3) is 0.263. The number of nitrogens with one attached hydrogen (secondary N) is 2. The summed E-state index contributed by atoms with van der Waals surface area (Å²) in [6.45, 7) is 3.72. The lowest BCUT2D eigenvalue weighted by molar-refractivity contribution is -0.120. The summed E-state index contributed by atoms with van der Waals surface area (Å²) in [6, 6.07) is 14.7. The predicted molar refractivity (Wildman–Crippen MR) is 92.7 cm³/mol. The second-order valence-electron chi connectivity index (χ2n) is 5.67. The molecule has 2 aromatic carbocycles. The smallest absolute Gasteiger partial charge is 0.251 e. The number of carbonyl (C=O) groups excluding carboxylic acids is 2. The van der Waals surface area contributed by atoms with Gasteiger partial charge >= 0.3 is 0 Å². The van der Waals surface area contributed by atoms with E-state index in [1.54, 1.807) is 12.1 Å². The standard InChI is InChI=1S/C19H22N2O3/c1-13-7-3-5-9-15(13)17(22)11-20-18(23)12-21-19(24)16-10-6-4-8-14(16)2/h3-10,17,22H,11-12H2,1-2H3,(H,20,23)(H,21,24). The Labute approximate surface area is 141 Å². The second kappa shape index (κ2) is 8.26. The average Bonchev–Trinajstić information content (AvgIpc) is 2.58. The zero-order valence-corrected chi connectivity index (χ0v) is 13.9. The minimum absolute atomic E-state index is 0.101. The highest BCUT2D eigenvalue weighted by Crippen LogP contribution is 2.16. The third-order valence-electron chi connectivity index (χ3n) is 3.84. The molecule has 1 unspecified atom stereocenters. The molecular formula is C19H22N2O3. The first-order valence-corrected chi connectivity index (χ1v) is 7.83. The molecule has 126 valence electrons. The van der Waals surface area contributed by atoms with Crippen molar-refractivity contribution in [3.63, 3.8) is 0 Å². The highest BCUT2D eigenvalue weighted by atomic mass is 16.3. The number of hydrogen-bond acceptors (Lipinski definition) is 3. The number of aliphatic hydroxyl groups is 1. The van der Waals surface area contributed by atoms with Crippen LogP contribution in [-0.4, -0.2) is 30.0 Å². The molecule has 0 radical (unpaired) electrons. The summed E-state index contributed by atoms with van der Waals surface area (Å²) in [7, 11) is 0. The molecule has 2 amide bonds. The van der Waals surface area contributed by atoms with Gasteiger partial charge in [-0.05, 0) is 36.6 Å². The third-order valence-corrected chi connectivity index (χ3v) is 3.84. The number of amides is 2. The summed E-state index contributed by atoms with van der Waals surface area (Å²) < 4.78 is 0. The number of aliphatic hydroxyl groups excluding tert-OH is 1. The second-order valence-corrected chi connectivity index (χ2v) is 5.67. The van der Waals surface area contributed by atoms with Crippen LogP contribution in [0.5, 0.6) is 0 Å². The van der Waals surface area contributed by atoms with Crippen LogP contribution in [0.2, 0.25) is 0 Å². The van der Waals surface area contributed by atoms with Crippen LogP contribution >= 0.6 is 0 Å². The third kappa shape index (κ3) is 4.67. The Morgan fingerprint density at radius 3 is 2.25 bits per heavy atom. The predicted octanol–water partition coefficient (Wildman–Crippen LogP) is 1.88. The number of hydrogen-bond donors (Lipinski definition) is 3. The van der Waals surface area contributed by atoms with Crippen LogP contribution < -0.4 is 10.6 Å². The van der Waals surface area contributed by atoms with Crippen molar-refractivity contribution in [2.75, 3.05) is 13.1 Å². The van der Waals surface area contributed by atoms with Crippen LogP contribution in [0, 0.1) is 13.8 Å². The number of carbonyl (C=O) groups is 2. The zero-order valence-electron chi connectivity index (χ0n) is 13.9. The van der Waals surface area contributed by atoms with Crippen molar-refractivity contribution >= 4 is 11.8 Å². The Balaban J connectivity index is 1.81. The molecule has 0 saturated heterocycles. The minimum atomic E-state index is -0.776. The first kappa shape index (κ1) is 17.7. The van der Waals surface area contributed by atoms with E-state index in [9.17, 15) is 14.7 Å². The maximum atomic E-state index is 12.0. The largest absolute Gasteiger partial charge is 0.387 e. The van der Waals surface area contributed by atoms with Crippen LogP contribution in [-0.2, 0) is 4.79 Å². The fourth-order valence-electron chi connectivity index (χ4n) is 2.43. The Morgan fingerprint density at radius 2 is 1.58 bits per heavy atom. The van der Waals surface area contributed by atoms with Crippen molar-refractivity contribution in [1.29, 1.82) is 0 Å². The summed E-state index contributed by atoms with van der Waals surface area (Å²) in [5.41, 5.74) is 3.14. The topological polar surface area (TPSA) is 78.4 Å². The molecule has 0 heterocycles. The van der Waals surface area contributed by atoms with Crippen LogP contribution in [0.15, 0.2) is 48.5 Å². The Morgan fingerprint density at radius 1 is 0.958 bits per heavy atom. The van der Waals surface area contributed by atoms with E-state index in [-0.39, 0.29) is 24.9 Å². The quantitative estimate of drug-likeness (QED) is 0.758. The number of aryl methyl sites for hydroxylation is 2. The van der Waals surface area contributed by atoms with E-state index in [2.05, 4.69) is 10.6 Å². The number of benzene rings is 2. The molecule has 0 saturated carbocycles. The first-order valence-electron chi connectivity index (χ1n) is 7.83. The van der Waals surface area contributed by atoms with Gasteiger partial charge in [0, 0.05) is 12.1 Å². The highest BCUT2D eigenvalue weighted by Gasteiger charge is 2.13. The lowest BCUT2D eigenvalue weighted by Crippen LogP contribution is -2.38. The maximum Gasteiger partial charge on any atom is 0.251 e. The van der Waals surface area contributed by atoms with Gasteiger partial charge in [0.1, 0.15) is 0 Å². The maximum absolute atomic E-state index is 12.0. The van der Waals surface area contributed by atoms with E-state index in [0.717, 1.165) is 16.7 Å². The van der Waals surface area contributed by atoms with Gasteiger partial charge in [-0.2, -0.15) is 0 Å². The monoisotopic (exact) mass is 326 g/mol. The van der Waals surface area contributed by atoms with Gasteiger partial charge in [0.05, 0.1) is 12.6 Å². The normalized spacial score (nSPS) is 11.6. The number of rotatable bonds is 6. The molecule has 1 atom stereocenters. The van der Waals surface area contributed by atoms with Crippen molar-refractivity contribution in [2.45, 2.75) is 20.0 Å². The summed E-state index contributed by atoms with van der Waals surface area (Å²) in [5, 5.41) is 15.3. The van der Waals surface area contributed by atoms with Gasteiger partial charge in [-0.25, -0.2) is 0 Å². The zero-order chi connectivity index (χ0) is 17.5. The van der Waals surface area contributed by atoms with Crippen LogP contribution in [0.3, 0.4) is 0 Å². The molecule has 5 nitrogen and oxygen atoms in total. The Kier molecular flexibility index (Phi) is 6.09. The van der Waals surface area contributed by atoms with Gasteiger partial charge in [-0.15, -0.1) is 0 Å². The molecule has 2 aromatic rings. The highest BCUT2D eigenvalue weighted by molar-refractivity contribution is 5.97. The minimum Gasteiger partial charge on any atom is -0.387 e. The van der Waals surface area contributed by atoms with E-state index in [1.165, 1.54) is 0 Å². The molecule has 24 heavy (non-hydrogen) atoms. The fourth-order valence-corrected chi connectivity index (χ4v) is 2.43. The summed E-state index contributed by atoms with van der Waals surface area (Å²) in [4.78, 5) is 23.9. The van der Waals surface area contributed by atoms with Crippen LogP contribution in [0.25, 0.3) is 0 Å². The van der Waals surface area contributed by atoms with Crippen LogP contribution in [0.4, 0.5) is 0 Å². The molecule has 3 N–H and O–H groups in total. The summed E-state index contributed by atoms with van der Waals surface area (Å²) in [6.07, 6.45) is -0.776. The SMILES string of the molecule is Cc1ccccc1C(=O)NCC(=O)NCC(O)c1ccccc1C. The van der Waals surface area contributed by atoms with Crippen LogP contribution in [0.1, 0.15) is 33.2 Å². The van der Waals surface area contributed by atoms with Crippen molar-refractivity contribution < 1.29 is 14.7 Å². The molecule has 0 spiro atoms. The van der Waals surface area contributed by atoms with E-state index < -0.39 is 6.10 Å². The van der Waals surface area contributed by atoms with Crippen molar-refractivity contribution in [1.82, 2.24) is 10.6 Å². The van der Waals surface area contributed by atoms with Crippen molar-refractivity contribution in [3.05, 3.63) is 70.8 Å². The molecule has 0 aliphatic carbocycles. The lowest BCUT2D eigenvalue weighted by atomic mass is 10.0. The molecular weight excluding hydrogens is 304 g/mol. The average molecular weight is 326 g/mol. The Hall–Kier alpha value is -2.66. The van der Waals surface area contributed by atoms with E-state index in [0.29, 0.717) is 5.56 Å². The first-order chi connectivity index (χ1) is 11.5. The van der Waals surface area contributed by atoms with Gasteiger partial charge < -0.3 is 15.7 Å². The summed E-state index contributed by atoms with van der Waals surface area (Å²) in [5.74, 6) is -0.632. The molecule has 0 aliphatic rings. The van der Waals surface area contributed by atoms with E-state index in [1.807, 2.05) is 50.2 Å². The Bertz CT molecular complexity index is 728. The van der Waals surface area contributed by atoms with Crippen molar-refractivity contribution in [2.24, 2.45) is 0 Å². The van der Waals surface area contributed by atoms with Gasteiger partial charge in [0.2, 0.25) is 5.91 Å². The van der Waals surface area contributed by atoms with E-state index in [4.69, 9.17) is 0 Å². The molecule has 0 aliphatic heterocycles. The molecule has 2 rings (SSSR count). The van der Waals surface area contributed by atoms with Gasteiger partial charge in [0.15, 0.2) is 0 Å². The van der Waals surface area contributed by atoms with Gasteiger partial charge in [0.25, 0.3) is 5.91 Å².